The summed E-state index contributed by atoms with van der Waals surface area (Å²) in [5.41, 5.74) is 1.56. The van der Waals surface area contributed by atoms with Crippen LogP contribution in [0.3, 0.4) is 0 Å². The number of nitrogens with one attached hydrogen (secondary N) is 1. The van der Waals surface area contributed by atoms with Crippen molar-refractivity contribution in [1.29, 1.82) is 0 Å². The van der Waals surface area contributed by atoms with E-state index in [1.807, 2.05) is 66.7 Å². The second-order valence-electron chi connectivity index (χ2n) is 4.87. The van der Waals surface area contributed by atoms with Crippen molar-refractivity contribution in [2.45, 2.75) is 0 Å². The van der Waals surface area contributed by atoms with Gasteiger partial charge in [-0.1, -0.05) is 36.4 Å². The summed E-state index contributed by atoms with van der Waals surface area (Å²) in [6.07, 6.45) is 0. The third kappa shape index (κ3) is 2.82. The highest BCUT2D eigenvalue weighted by atomic mass is 16.5. The minimum atomic E-state index is 0.472. The number of rotatable bonds is 4. The molecule has 2 aromatic carbocycles. The fraction of sp³-hybridized carbons (Fsp3) is 0. The van der Waals surface area contributed by atoms with Gasteiger partial charge in [-0.25, -0.2) is 0 Å². The van der Waals surface area contributed by atoms with Crippen LogP contribution in [0, 0.1) is 0 Å². The maximum atomic E-state index is 5.75. The first-order chi connectivity index (χ1) is 11.4. The van der Waals surface area contributed by atoms with Crippen molar-refractivity contribution in [3.63, 3.8) is 0 Å². The molecule has 0 amide bonds. The number of hydrogen-bond acceptors (Lipinski definition) is 5. The lowest BCUT2D eigenvalue weighted by atomic mass is 10.3. The van der Waals surface area contributed by atoms with Crippen LogP contribution >= 0.6 is 0 Å². The molecule has 0 unspecified atom stereocenters. The third-order valence-corrected chi connectivity index (χ3v) is 3.23. The predicted molar refractivity (Wildman–Crippen MR) is 87.0 cm³/mol. The molecule has 0 saturated carbocycles. The Balaban J connectivity index is 1.66. The molecule has 0 bridgehead atoms. The van der Waals surface area contributed by atoms with Gasteiger partial charge in [-0.05, 0) is 30.3 Å². The molecule has 2 aromatic heterocycles. The van der Waals surface area contributed by atoms with Crippen LogP contribution in [0.5, 0.6) is 11.6 Å². The Labute approximate surface area is 132 Å². The Morgan fingerprint density at radius 3 is 2.30 bits per heavy atom. The summed E-state index contributed by atoms with van der Waals surface area (Å²) in [5, 5.41) is 15.8. The Morgan fingerprint density at radius 2 is 1.52 bits per heavy atom. The first kappa shape index (κ1) is 13.3. The van der Waals surface area contributed by atoms with E-state index in [1.54, 1.807) is 10.6 Å². The molecule has 0 radical (unpaired) electrons. The largest absolute Gasteiger partial charge is 0.438 e. The van der Waals surface area contributed by atoms with Crippen LogP contribution in [0.25, 0.3) is 5.65 Å². The van der Waals surface area contributed by atoms with Crippen LogP contribution < -0.4 is 10.1 Å². The summed E-state index contributed by atoms with van der Waals surface area (Å²) < 4.78 is 7.36. The van der Waals surface area contributed by atoms with Crippen molar-refractivity contribution < 1.29 is 4.74 Å². The normalized spacial score (nSPS) is 10.6. The van der Waals surface area contributed by atoms with Gasteiger partial charge in [0, 0.05) is 11.8 Å². The van der Waals surface area contributed by atoms with Crippen LogP contribution in [0.15, 0.2) is 72.8 Å². The Bertz CT molecular complexity index is 922. The zero-order valence-electron chi connectivity index (χ0n) is 12.1. The van der Waals surface area contributed by atoms with Crippen LogP contribution in [-0.2, 0) is 0 Å². The van der Waals surface area contributed by atoms with E-state index < -0.39 is 0 Å². The van der Waals surface area contributed by atoms with Gasteiger partial charge < -0.3 is 10.1 Å². The van der Waals surface area contributed by atoms with Crippen LogP contribution in [0.2, 0.25) is 0 Å². The molecule has 1 N–H and O–H groups in total. The summed E-state index contributed by atoms with van der Waals surface area (Å²) in [6, 6.07) is 22.8. The molecule has 0 fully saturated rings. The van der Waals surface area contributed by atoms with Crippen LogP contribution in [0.1, 0.15) is 0 Å². The highest BCUT2D eigenvalue weighted by molar-refractivity contribution is 5.55. The van der Waals surface area contributed by atoms with E-state index in [0.717, 1.165) is 11.4 Å². The highest BCUT2D eigenvalue weighted by Crippen LogP contribution is 2.20. The van der Waals surface area contributed by atoms with E-state index >= 15 is 0 Å². The molecular weight excluding hydrogens is 290 g/mol. The molecule has 0 aliphatic heterocycles. The van der Waals surface area contributed by atoms with Crippen LogP contribution in [-0.4, -0.2) is 19.8 Å². The number of fused-ring (bicyclic) bond motifs is 1. The Kier molecular flexibility index (Phi) is 3.32. The van der Waals surface area contributed by atoms with Crippen LogP contribution in [0.4, 0.5) is 11.6 Å². The molecule has 0 saturated heterocycles. The smallest absolute Gasteiger partial charge is 0.250 e. The van der Waals surface area contributed by atoms with Gasteiger partial charge in [0.2, 0.25) is 5.88 Å². The second-order valence-corrected chi connectivity index (χ2v) is 4.87. The molecule has 6 heteroatoms. The first-order valence-electron chi connectivity index (χ1n) is 7.16. The maximum Gasteiger partial charge on any atom is 0.250 e. The zero-order chi connectivity index (χ0) is 15.5. The van der Waals surface area contributed by atoms with E-state index in [2.05, 4.69) is 20.6 Å². The van der Waals surface area contributed by atoms with Crippen molar-refractivity contribution in [2.75, 3.05) is 5.32 Å². The number of benzene rings is 2. The van der Waals surface area contributed by atoms with Gasteiger partial charge in [0.05, 0.1) is 0 Å². The molecule has 4 rings (SSSR count). The van der Waals surface area contributed by atoms with Crippen molar-refractivity contribution in [1.82, 2.24) is 19.8 Å². The number of anilines is 2. The average Bonchev–Trinajstić information content (AvgIpc) is 2.99. The third-order valence-electron chi connectivity index (χ3n) is 3.23. The van der Waals surface area contributed by atoms with Crippen molar-refractivity contribution in [2.24, 2.45) is 0 Å². The lowest BCUT2D eigenvalue weighted by Gasteiger charge is -2.06. The monoisotopic (exact) mass is 303 g/mol. The van der Waals surface area contributed by atoms with Crippen molar-refractivity contribution in [3.05, 3.63) is 72.8 Å². The van der Waals surface area contributed by atoms with Gasteiger partial charge >= 0.3 is 0 Å². The average molecular weight is 303 g/mol. The zero-order valence-corrected chi connectivity index (χ0v) is 12.1. The van der Waals surface area contributed by atoms with Gasteiger partial charge in [-0.15, -0.1) is 15.3 Å². The number of nitrogens with zero attached hydrogens (tertiary/aromatic N) is 4. The van der Waals surface area contributed by atoms with E-state index in [4.69, 9.17) is 4.74 Å². The molecular formula is C17H13N5O. The minimum Gasteiger partial charge on any atom is -0.438 e. The van der Waals surface area contributed by atoms with Crippen molar-refractivity contribution >= 4 is 17.3 Å². The highest BCUT2D eigenvalue weighted by Gasteiger charge is 2.08. The van der Waals surface area contributed by atoms with E-state index in [0.29, 0.717) is 17.5 Å². The number of aromatic nitrogens is 4. The molecule has 0 spiro atoms. The van der Waals surface area contributed by atoms with E-state index in [-0.39, 0.29) is 0 Å². The van der Waals surface area contributed by atoms with Gasteiger partial charge in [-0.3, -0.25) is 0 Å². The quantitative estimate of drug-likeness (QED) is 0.623. The van der Waals surface area contributed by atoms with Gasteiger partial charge in [0.1, 0.15) is 5.75 Å². The fourth-order valence-corrected chi connectivity index (χ4v) is 2.16. The Morgan fingerprint density at radius 1 is 0.783 bits per heavy atom. The first-order valence-corrected chi connectivity index (χ1v) is 7.16. The molecule has 0 aliphatic carbocycles. The lowest BCUT2D eigenvalue weighted by molar-refractivity contribution is 0.453. The van der Waals surface area contributed by atoms with E-state index in [9.17, 15) is 0 Å². The lowest BCUT2D eigenvalue weighted by Crippen LogP contribution is -2.01. The molecule has 0 atom stereocenters. The Hall–Kier alpha value is -3.41. The predicted octanol–water partition coefficient (Wildman–Crippen LogP) is 3.66. The topological polar surface area (TPSA) is 64.3 Å². The molecule has 4 aromatic rings. The number of ether oxygens (including phenoxy) is 1. The van der Waals surface area contributed by atoms with Gasteiger partial charge in [0.25, 0.3) is 5.95 Å². The minimum absolute atomic E-state index is 0.472. The molecule has 6 nitrogen and oxygen atoms in total. The SMILES string of the molecule is c1ccc(Nc2nnc3ccc(Oc4ccccc4)nn23)cc1. The molecule has 2 heterocycles. The fourth-order valence-electron chi connectivity index (χ4n) is 2.16. The summed E-state index contributed by atoms with van der Waals surface area (Å²) in [4.78, 5) is 0. The molecule has 112 valence electrons. The van der Waals surface area contributed by atoms with Crippen molar-refractivity contribution in [3.8, 4) is 11.6 Å². The molecule has 0 aliphatic rings. The number of para-hydroxylation sites is 2. The standard InChI is InChI=1S/C17H13N5O/c1-3-7-13(8-4-1)18-17-20-19-15-11-12-16(21-22(15)17)23-14-9-5-2-6-10-14/h1-12H,(H,18,20). The van der Waals surface area contributed by atoms with Gasteiger partial charge in [-0.2, -0.15) is 4.52 Å². The summed E-state index contributed by atoms with van der Waals surface area (Å²) in [6.45, 7) is 0. The summed E-state index contributed by atoms with van der Waals surface area (Å²) in [5.74, 6) is 1.73. The summed E-state index contributed by atoms with van der Waals surface area (Å²) >= 11 is 0. The maximum absolute atomic E-state index is 5.75. The number of hydrogen-bond donors (Lipinski definition) is 1. The second kappa shape index (κ2) is 5.76. The summed E-state index contributed by atoms with van der Waals surface area (Å²) in [7, 11) is 0. The molecule has 23 heavy (non-hydrogen) atoms. The van der Waals surface area contributed by atoms with Gasteiger partial charge in [0.15, 0.2) is 5.65 Å². The van der Waals surface area contributed by atoms with E-state index in [1.165, 1.54) is 0 Å².